The SMILES string of the molecule is O=S(=O)(CCl)N1CCCC(O)(CO)C1. The Morgan fingerprint density at radius 1 is 1.50 bits per heavy atom. The quantitative estimate of drug-likeness (QED) is 0.645. The van der Waals surface area contributed by atoms with Gasteiger partial charge in [0.25, 0.3) is 0 Å². The van der Waals surface area contributed by atoms with Crippen LogP contribution in [0, 0.1) is 0 Å². The Morgan fingerprint density at radius 2 is 2.14 bits per heavy atom. The molecule has 0 amide bonds. The molecule has 0 aromatic heterocycles. The van der Waals surface area contributed by atoms with Crippen molar-refractivity contribution in [1.29, 1.82) is 0 Å². The van der Waals surface area contributed by atoms with Gasteiger partial charge in [-0.15, -0.1) is 11.6 Å². The van der Waals surface area contributed by atoms with Gasteiger partial charge in [0.15, 0.2) is 0 Å². The first-order valence-corrected chi connectivity index (χ1v) is 6.45. The minimum absolute atomic E-state index is 0.0709. The average Bonchev–Trinajstić information content (AvgIpc) is 2.18. The Kier molecular flexibility index (Phi) is 3.76. The first kappa shape index (κ1) is 12.2. The summed E-state index contributed by atoms with van der Waals surface area (Å²) in [5, 5.41) is 18.1. The van der Waals surface area contributed by atoms with Crippen molar-refractivity contribution in [3.63, 3.8) is 0 Å². The maximum Gasteiger partial charge on any atom is 0.228 e. The molecular weight excluding hydrogens is 230 g/mol. The number of rotatable bonds is 3. The number of hydrogen-bond donors (Lipinski definition) is 2. The zero-order valence-electron chi connectivity index (χ0n) is 7.69. The van der Waals surface area contributed by atoms with Crippen LogP contribution < -0.4 is 0 Å². The van der Waals surface area contributed by atoms with E-state index in [1.165, 1.54) is 0 Å². The molecule has 1 unspecified atom stereocenters. The number of nitrogens with zero attached hydrogens (tertiary/aromatic N) is 1. The normalized spacial score (nSPS) is 30.5. The second-order valence-corrected chi connectivity index (χ2v) is 6.09. The van der Waals surface area contributed by atoms with Crippen LogP contribution in [0.5, 0.6) is 0 Å². The smallest absolute Gasteiger partial charge is 0.228 e. The lowest BCUT2D eigenvalue weighted by molar-refractivity contribution is -0.0495. The van der Waals surface area contributed by atoms with Crippen LogP contribution >= 0.6 is 11.6 Å². The summed E-state index contributed by atoms with van der Waals surface area (Å²) in [6.07, 6.45) is 0.949. The van der Waals surface area contributed by atoms with Crippen molar-refractivity contribution in [3.05, 3.63) is 0 Å². The highest BCUT2D eigenvalue weighted by Gasteiger charge is 2.37. The van der Waals surface area contributed by atoms with Crippen LogP contribution in [0.25, 0.3) is 0 Å². The molecule has 0 aliphatic carbocycles. The molecule has 1 rings (SSSR count). The van der Waals surface area contributed by atoms with Crippen molar-refractivity contribution in [2.45, 2.75) is 18.4 Å². The molecule has 0 radical (unpaired) electrons. The summed E-state index contributed by atoms with van der Waals surface area (Å²) in [5.74, 6) is 0. The van der Waals surface area contributed by atoms with Crippen LogP contribution in [-0.4, -0.2) is 53.4 Å². The van der Waals surface area contributed by atoms with Gasteiger partial charge in [-0.25, -0.2) is 8.42 Å². The van der Waals surface area contributed by atoms with Gasteiger partial charge in [-0.2, -0.15) is 4.31 Å². The van der Waals surface area contributed by atoms with Gasteiger partial charge in [0.05, 0.1) is 6.61 Å². The summed E-state index contributed by atoms with van der Waals surface area (Å²) < 4.78 is 23.8. The summed E-state index contributed by atoms with van der Waals surface area (Å²) in [6.45, 7) is -0.142. The molecule has 0 saturated carbocycles. The molecule has 1 fully saturated rings. The van der Waals surface area contributed by atoms with Gasteiger partial charge in [0, 0.05) is 13.1 Å². The zero-order chi connectivity index (χ0) is 10.8. The van der Waals surface area contributed by atoms with Gasteiger partial charge in [0.1, 0.15) is 10.8 Å². The molecule has 1 heterocycles. The molecule has 0 aromatic carbocycles. The maximum absolute atomic E-state index is 11.4. The fourth-order valence-electron chi connectivity index (χ4n) is 1.51. The molecule has 1 aliphatic heterocycles. The fourth-order valence-corrected chi connectivity index (χ4v) is 2.90. The number of piperidine rings is 1. The topological polar surface area (TPSA) is 77.8 Å². The molecule has 1 saturated heterocycles. The number of halogens is 1. The summed E-state index contributed by atoms with van der Waals surface area (Å²) in [7, 11) is -3.47. The Hall–Kier alpha value is 0.120. The Morgan fingerprint density at radius 3 is 2.64 bits per heavy atom. The third-order valence-corrected chi connectivity index (χ3v) is 4.55. The van der Waals surface area contributed by atoms with E-state index in [0.29, 0.717) is 19.4 Å². The minimum atomic E-state index is -3.47. The molecule has 0 bridgehead atoms. The van der Waals surface area contributed by atoms with Gasteiger partial charge in [-0.3, -0.25) is 0 Å². The lowest BCUT2D eigenvalue weighted by Gasteiger charge is -2.36. The first-order chi connectivity index (χ1) is 6.43. The van der Waals surface area contributed by atoms with Crippen LogP contribution in [0.2, 0.25) is 0 Å². The highest BCUT2D eigenvalue weighted by atomic mass is 35.5. The van der Waals surface area contributed by atoms with Crippen molar-refractivity contribution in [3.8, 4) is 0 Å². The van der Waals surface area contributed by atoms with Crippen molar-refractivity contribution in [1.82, 2.24) is 4.31 Å². The van der Waals surface area contributed by atoms with E-state index < -0.39 is 27.4 Å². The lowest BCUT2D eigenvalue weighted by Crippen LogP contribution is -2.52. The molecule has 0 aromatic rings. The zero-order valence-corrected chi connectivity index (χ0v) is 9.26. The third-order valence-electron chi connectivity index (χ3n) is 2.35. The van der Waals surface area contributed by atoms with E-state index >= 15 is 0 Å². The number of aliphatic hydroxyl groups is 2. The van der Waals surface area contributed by atoms with E-state index in [-0.39, 0.29) is 6.54 Å². The number of hydrogen-bond acceptors (Lipinski definition) is 4. The van der Waals surface area contributed by atoms with Crippen molar-refractivity contribution < 1.29 is 18.6 Å². The lowest BCUT2D eigenvalue weighted by atomic mass is 9.95. The van der Waals surface area contributed by atoms with E-state index in [2.05, 4.69) is 0 Å². The van der Waals surface area contributed by atoms with Gasteiger partial charge in [-0.05, 0) is 12.8 Å². The van der Waals surface area contributed by atoms with Gasteiger partial charge in [-0.1, -0.05) is 0 Å². The number of aliphatic hydroxyl groups excluding tert-OH is 1. The monoisotopic (exact) mass is 243 g/mol. The minimum Gasteiger partial charge on any atom is -0.393 e. The number of alkyl halides is 1. The number of sulfonamides is 1. The maximum atomic E-state index is 11.4. The second kappa shape index (κ2) is 4.32. The second-order valence-electron chi connectivity index (χ2n) is 3.54. The predicted molar refractivity (Wildman–Crippen MR) is 52.5 cm³/mol. The van der Waals surface area contributed by atoms with Crippen LogP contribution in [0.3, 0.4) is 0 Å². The molecule has 0 spiro atoms. The van der Waals surface area contributed by atoms with E-state index in [4.69, 9.17) is 16.7 Å². The van der Waals surface area contributed by atoms with Crippen LogP contribution in [0.15, 0.2) is 0 Å². The molecule has 1 atom stereocenters. The van der Waals surface area contributed by atoms with Crippen molar-refractivity contribution in [2.75, 3.05) is 24.9 Å². The first-order valence-electron chi connectivity index (χ1n) is 4.30. The highest BCUT2D eigenvalue weighted by Crippen LogP contribution is 2.23. The van der Waals surface area contributed by atoms with Gasteiger partial charge in [0.2, 0.25) is 10.0 Å². The Balaban J connectivity index is 2.75. The Labute approximate surface area is 88.3 Å². The molecular formula is C7H14ClNO4S. The standard InChI is InChI=1S/C7H14ClNO4S/c8-6-14(12,13)9-3-1-2-7(11,4-9)5-10/h10-11H,1-6H2. The number of β-amino-alcohol motifs (C(OH)–C–C–N with tert-alkyl or cyclic N) is 1. The molecule has 7 heteroatoms. The predicted octanol–water partition coefficient (Wildman–Crippen LogP) is -0.668. The molecule has 2 N–H and O–H groups in total. The third kappa shape index (κ3) is 2.58. The van der Waals surface area contributed by atoms with Crippen LogP contribution in [-0.2, 0) is 10.0 Å². The summed E-state index contributed by atoms with van der Waals surface area (Å²) in [6, 6.07) is 0. The summed E-state index contributed by atoms with van der Waals surface area (Å²) in [4.78, 5) is 0. The summed E-state index contributed by atoms with van der Waals surface area (Å²) >= 11 is 5.29. The van der Waals surface area contributed by atoms with E-state index in [1.807, 2.05) is 0 Å². The average molecular weight is 244 g/mol. The summed E-state index contributed by atoms with van der Waals surface area (Å²) in [5.41, 5.74) is -1.31. The van der Waals surface area contributed by atoms with Gasteiger partial charge >= 0.3 is 0 Å². The van der Waals surface area contributed by atoms with E-state index in [1.54, 1.807) is 0 Å². The van der Waals surface area contributed by atoms with Crippen LogP contribution in [0.4, 0.5) is 0 Å². The van der Waals surface area contributed by atoms with Crippen molar-refractivity contribution >= 4 is 21.6 Å². The fraction of sp³-hybridized carbons (Fsp3) is 1.00. The van der Waals surface area contributed by atoms with Crippen LogP contribution in [0.1, 0.15) is 12.8 Å². The van der Waals surface area contributed by atoms with E-state index in [9.17, 15) is 13.5 Å². The molecule has 5 nitrogen and oxygen atoms in total. The van der Waals surface area contributed by atoms with E-state index in [0.717, 1.165) is 4.31 Å². The van der Waals surface area contributed by atoms with Crippen molar-refractivity contribution in [2.24, 2.45) is 0 Å². The van der Waals surface area contributed by atoms with Gasteiger partial charge < -0.3 is 10.2 Å². The molecule has 14 heavy (non-hydrogen) atoms. The Bertz CT molecular complexity index is 294. The molecule has 84 valence electrons. The largest absolute Gasteiger partial charge is 0.393 e. The highest BCUT2D eigenvalue weighted by molar-refractivity contribution is 7.90. The molecule has 1 aliphatic rings.